The average molecular weight is 442 g/mol. The van der Waals surface area contributed by atoms with Crippen LogP contribution in [-0.4, -0.2) is 60.4 Å². The first kappa shape index (κ1) is 24.2. The van der Waals surface area contributed by atoms with Crippen molar-refractivity contribution in [1.29, 1.82) is 0 Å². The van der Waals surface area contributed by atoms with Crippen LogP contribution in [0.15, 0.2) is 60.7 Å². The molecule has 3 rings (SSSR count). The maximum atomic E-state index is 11.6. The van der Waals surface area contributed by atoms with Crippen molar-refractivity contribution >= 4 is 6.09 Å². The smallest absolute Gasteiger partial charge is 0.407 e. The lowest BCUT2D eigenvalue weighted by Gasteiger charge is -2.44. The molecule has 32 heavy (non-hydrogen) atoms. The number of nitrogens with zero attached hydrogens (tertiary/aromatic N) is 1. The highest BCUT2D eigenvalue weighted by Crippen LogP contribution is 2.32. The van der Waals surface area contributed by atoms with Crippen molar-refractivity contribution in [2.75, 3.05) is 26.4 Å². The predicted molar refractivity (Wildman–Crippen MR) is 124 cm³/mol. The predicted octanol–water partition coefficient (Wildman–Crippen LogP) is 3.26. The number of carbonyl (C=O) groups excluding carboxylic acids is 1. The topological polar surface area (TPSA) is 83.1 Å². The number of alkyl carbamates (subject to hydrolysis) is 1. The zero-order chi connectivity index (χ0) is 23.0. The van der Waals surface area contributed by atoms with Gasteiger partial charge in [-0.1, -0.05) is 60.7 Å². The molecule has 1 atom stereocenters. The second-order valence-electron chi connectivity index (χ2n) is 9.13. The SMILES string of the molecule is CC(C)(C)NC(=O)OCCC(O)NCOC1CN(C(c2ccccc2)c2ccccc2)C1. The highest BCUT2D eigenvalue weighted by atomic mass is 16.5. The van der Waals surface area contributed by atoms with Gasteiger partial charge in [-0.3, -0.25) is 10.2 Å². The molecule has 2 aromatic carbocycles. The molecule has 1 saturated heterocycles. The van der Waals surface area contributed by atoms with Gasteiger partial charge >= 0.3 is 6.09 Å². The third kappa shape index (κ3) is 7.60. The second kappa shape index (κ2) is 11.4. The van der Waals surface area contributed by atoms with Crippen LogP contribution in [-0.2, 0) is 9.47 Å². The fourth-order valence-electron chi connectivity index (χ4n) is 3.64. The van der Waals surface area contributed by atoms with Gasteiger partial charge in [0.2, 0.25) is 0 Å². The number of nitrogens with one attached hydrogen (secondary N) is 2. The van der Waals surface area contributed by atoms with Crippen molar-refractivity contribution in [3.8, 4) is 0 Å². The van der Waals surface area contributed by atoms with E-state index < -0.39 is 12.3 Å². The second-order valence-corrected chi connectivity index (χ2v) is 9.13. The molecule has 1 aliphatic rings. The summed E-state index contributed by atoms with van der Waals surface area (Å²) in [5.74, 6) is 0. The van der Waals surface area contributed by atoms with Crippen LogP contribution in [0.1, 0.15) is 44.4 Å². The largest absolute Gasteiger partial charge is 0.449 e. The van der Waals surface area contributed by atoms with E-state index in [4.69, 9.17) is 9.47 Å². The van der Waals surface area contributed by atoms with Crippen LogP contribution in [0.5, 0.6) is 0 Å². The molecule has 1 fully saturated rings. The van der Waals surface area contributed by atoms with Gasteiger partial charge in [0.05, 0.1) is 25.5 Å². The molecule has 1 aliphatic heterocycles. The minimum atomic E-state index is -0.796. The van der Waals surface area contributed by atoms with Crippen LogP contribution in [0.2, 0.25) is 0 Å². The number of likely N-dealkylation sites (tertiary alicyclic amines) is 1. The molecule has 1 heterocycles. The molecule has 0 radical (unpaired) electrons. The summed E-state index contributed by atoms with van der Waals surface area (Å²) in [7, 11) is 0. The number of carbonyl (C=O) groups is 1. The summed E-state index contributed by atoms with van der Waals surface area (Å²) in [5.41, 5.74) is 2.18. The molecule has 2 aromatic rings. The Morgan fingerprint density at radius 3 is 2.16 bits per heavy atom. The fourth-order valence-corrected chi connectivity index (χ4v) is 3.64. The maximum Gasteiger partial charge on any atom is 0.407 e. The van der Waals surface area contributed by atoms with E-state index in [9.17, 15) is 9.90 Å². The van der Waals surface area contributed by atoms with E-state index in [2.05, 4.69) is 64.1 Å². The van der Waals surface area contributed by atoms with Crippen molar-refractivity contribution in [1.82, 2.24) is 15.5 Å². The van der Waals surface area contributed by atoms with E-state index in [0.29, 0.717) is 6.42 Å². The van der Waals surface area contributed by atoms with Gasteiger partial charge in [0.1, 0.15) is 6.23 Å². The van der Waals surface area contributed by atoms with Crippen molar-refractivity contribution in [3.05, 3.63) is 71.8 Å². The molecule has 1 unspecified atom stereocenters. The van der Waals surface area contributed by atoms with E-state index in [1.54, 1.807) is 0 Å². The van der Waals surface area contributed by atoms with Gasteiger partial charge in [0.15, 0.2) is 0 Å². The quantitative estimate of drug-likeness (QED) is 0.491. The van der Waals surface area contributed by atoms with Crippen molar-refractivity contribution < 1.29 is 19.4 Å². The Morgan fingerprint density at radius 2 is 1.62 bits per heavy atom. The van der Waals surface area contributed by atoms with Crippen LogP contribution in [0.3, 0.4) is 0 Å². The van der Waals surface area contributed by atoms with Crippen molar-refractivity contribution in [2.45, 2.75) is 51.1 Å². The van der Waals surface area contributed by atoms with Crippen LogP contribution >= 0.6 is 0 Å². The van der Waals surface area contributed by atoms with Crippen LogP contribution in [0.4, 0.5) is 4.79 Å². The zero-order valence-corrected chi connectivity index (χ0v) is 19.2. The first-order valence-electron chi connectivity index (χ1n) is 11.1. The van der Waals surface area contributed by atoms with E-state index >= 15 is 0 Å². The minimum Gasteiger partial charge on any atom is -0.449 e. The van der Waals surface area contributed by atoms with Gasteiger partial charge in [-0.2, -0.15) is 0 Å². The van der Waals surface area contributed by atoms with Crippen LogP contribution < -0.4 is 10.6 Å². The van der Waals surface area contributed by atoms with Crippen LogP contribution in [0.25, 0.3) is 0 Å². The van der Waals surface area contributed by atoms with E-state index in [1.165, 1.54) is 11.1 Å². The van der Waals surface area contributed by atoms with Gasteiger partial charge in [-0.05, 0) is 31.9 Å². The monoisotopic (exact) mass is 441 g/mol. The molecule has 0 aromatic heterocycles. The summed E-state index contributed by atoms with van der Waals surface area (Å²) < 4.78 is 10.9. The number of hydrogen-bond donors (Lipinski definition) is 3. The highest BCUT2D eigenvalue weighted by Gasteiger charge is 2.34. The molecule has 0 bridgehead atoms. The van der Waals surface area contributed by atoms with Gasteiger partial charge in [0.25, 0.3) is 0 Å². The summed E-state index contributed by atoms with van der Waals surface area (Å²) in [6.45, 7) is 7.66. The number of aliphatic hydroxyl groups excluding tert-OH is 1. The van der Waals surface area contributed by atoms with E-state index in [-0.39, 0.29) is 31.0 Å². The van der Waals surface area contributed by atoms with Gasteiger partial charge in [-0.25, -0.2) is 4.79 Å². The molecule has 0 spiro atoms. The molecular formula is C25H35N3O4. The van der Waals surface area contributed by atoms with Gasteiger partial charge in [-0.15, -0.1) is 0 Å². The standard InChI is InChI=1S/C25H35N3O4/c1-25(2,3)27-24(30)31-15-14-22(29)26-18-32-21-16-28(17-21)23(19-10-6-4-7-11-19)20-12-8-5-9-13-20/h4-13,21-23,26,29H,14-18H2,1-3H3,(H,27,30). The van der Waals surface area contributed by atoms with Gasteiger partial charge in [0, 0.05) is 25.0 Å². The Kier molecular flexibility index (Phi) is 8.64. The molecule has 0 saturated carbocycles. The van der Waals surface area contributed by atoms with Crippen molar-refractivity contribution in [3.63, 3.8) is 0 Å². The lowest BCUT2D eigenvalue weighted by molar-refractivity contribution is -0.0825. The Labute approximate surface area is 190 Å². The highest BCUT2D eigenvalue weighted by molar-refractivity contribution is 5.68. The lowest BCUT2D eigenvalue weighted by atomic mass is 9.94. The van der Waals surface area contributed by atoms with Crippen LogP contribution in [0, 0.1) is 0 Å². The first-order valence-corrected chi connectivity index (χ1v) is 11.1. The Morgan fingerprint density at radius 1 is 1.06 bits per heavy atom. The molecule has 7 nitrogen and oxygen atoms in total. The Balaban J connectivity index is 1.37. The number of ether oxygens (including phenoxy) is 2. The summed E-state index contributed by atoms with van der Waals surface area (Å²) in [4.78, 5) is 14.0. The lowest BCUT2D eigenvalue weighted by Crippen LogP contribution is -2.54. The normalized spacial score (nSPS) is 15.9. The average Bonchev–Trinajstić information content (AvgIpc) is 2.72. The Bertz CT molecular complexity index is 781. The first-order chi connectivity index (χ1) is 15.3. The van der Waals surface area contributed by atoms with Crippen molar-refractivity contribution in [2.24, 2.45) is 0 Å². The molecule has 174 valence electrons. The fraction of sp³-hybridized carbons (Fsp3) is 0.480. The maximum absolute atomic E-state index is 11.6. The van der Waals surface area contributed by atoms with E-state index in [0.717, 1.165) is 13.1 Å². The van der Waals surface area contributed by atoms with Gasteiger partial charge < -0.3 is 19.9 Å². The third-order valence-corrected chi connectivity index (χ3v) is 5.21. The summed E-state index contributed by atoms with van der Waals surface area (Å²) in [5, 5.41) is 15.6. The minimum absolute atomic E-state index is 0.110. The van der Waals surface area contributed by atoms with E-state index in [1.807, 2.05) is 32.9 Å². The number of amides is 1. The number of hydrogen-bond acceptors (Lipinski definition) is 6. The summed E-state index contributed by atoms with van der Waals surface area (Å²) >= 11 is 0. The molecular weight excluding hydrogens is 406 g/mol. The summed E-state index contributed by atoms with van der Waals surface area (Å²) in [6, 6.07) is 21.2. The number of aliphatic hydroxyl groups is 1. The number of benzene rings is 2. The summed E-state index contributed by atoms with van der Waals surface area (Å²) in [6.07, 6.45) is -0.878. The molecule has 3 N–H and O–H groups in total. The zero-order valence-electron chi connectivity index (χ0n) is 19.2. The number of rotatable bonds is 10. The molecule has 7 heteroatoms. The third-order valence-electron chi connectivity index (χ3n) is 5.21. The molecule has 0 aliphatic carbocycles. The Hall–Kier alpha value is -2.45. The molecule has 1 amide bonds.